The Kier molecular flexibility index (Phi) is 6.24. The summed E-state index contributed by atoms with van der Waals surface area (Å²) in [4.78, 5) is 12.8. The average molecular weight is 371 g/mol. The van der Waals surface area contributed by atoms with Crippen molar-refractivity contribution in [3.8, 4) is 28.8 Å². The minimum atomic E-state index is 0.202. The summed E-state index contributed by atoms with van der Waals surface area (Å²) in [5, 5.41) is 8.49. The molecule has 0 radical (unpaired) electrons. The molecule has 1 heterocycles. The van der Waals surface area contributed by atoms with Crippen molar-refractivity contribution in [2.24, 2.45) is 0 Å². The van der Waals surface area contributed by atoms with Gasteiger partial charge in [0.15, 0.2) is 11.6 Å². The van der Waals surface area contributed by atoms with Gasteiger partial charge in [-0.25, -0.2) is 4.98 Å². The first kappa shape index (κ1) is 18.2. The van der Waals surface area contributed by atoms with Gasteiger partial charge in [0.1, 0.15) is 0 Å². The molecule has 0 aliphatic carbocycles. The fourth-order valence-corrected chi connectivity index (χ4v) is 2.46. The molecule has 3 aromatic carbocycles. The highest BCUT2D eigenvalue weighted by Gasteiger charge is 2.08. The van der Waals surface area contributed by atoms with E-state index in [4.69, 9.17) is 16.9 Å². The standard InChI is InChI=1S/C15H10ClN3.C7H5N/c16-15-18-13(11-7-3-1-4-8-11)17-14(19-15)12-9-5-2-6-10-12;8-6-7-4-2-1-3-5-7/h1-10H;1-5H. The van der Waals surface area contributed by atoms with Gasteiger partial charge in [0.2, 0.25) is 5.28 Å². The normalized spacial score (nSPS) is 9.63. The number of nitriles is 1. The summed E-state index contributed by atoms with van der Waals surface area (Å²) in [5.41, 5.74) is 2.56. The molecule has 0 saturated heterocycles. The Bertz CT molecular complexity index is 972. The van der Waals surface area contributed by atoms with Crippen LogP contribution < -0.4 is 0 Å². The fourth-order valence-electron chi connectivity index (χ4n) is 2.30. The summed E-state index contributed by atoms with van der Waals surface area (Å²) in [6, 6.07) is 30.6. The van der Waals surface area contributed by atoms with Gasteiger partial charge in [-0.05, 0) is 23.7 Å². The van der Waals surface area contributed by atoms with Crippen LogP contribution in [0.5, 0.6) is 0 Å². The zero-order chi connectivity index (χ0) is 18.9. The minimum absolute atomic E-state index is 0.202. The second-order valence-electron chi connectivity index (χ2n) is 5.46. The molecule has 130 valence electrons. The van der Waals surface area contributed by atoms with Gasteiger partial charge in [-0.15, -0.1) is 0 Å². The first-order valence-corrected chi connectivity index (χ1v) is 8.61. The number of nitrogens with zero attached hydrogens (tertiary/aromatic N) is 4. The second-order valence-corrected chi connectivity index (χ2v) is 5.80. The molecule has 0 N–H and O–H groups in total. The highest BCUT2D eigenvalue weighted by molar-refractivity contribution is 6.28. The minimum Gasteiger partial charge on any atom is -0.208 e. The van der Waals surface area contributed by atoms with Crippen LogP contribution in [0.4, 0.5) is 0 Å². The van der Waals surface area contributed by atoms with Crippen LogP contribution in [0.2, 0.25) is 5.28 Å². The zero-order valence-electron chi connectivity index (χ0n) is 14.3. The van der Waals surface area contributed by atoms with Crippen molar-refractivity contribution in [2.75, 3.05) is 0 Å². The van der Waals surface area contributed by atoms with Gasteiger partial charge < -0.3 is 0 Å². The number of rotatable bonds is 2. The largest absolute Gasteiger partial charge is 0.226 e. The Morgan fingerprint density at radius 3 is 1.37 bits per heavy atom. The highest BCUT2D eigenvalue weighted by Crippen LogP contribution is 2.21. The third-order valence-electron chi connectivity index (χ3n) is 3.57. The summed E-state index contributed by atoms with van der Waals surface area (Å²) in [6.07, 6.45) is 0. The average Bonchev–Trinajstić information content (AvgIpc) is 2.75. The first-order valence-electron chi connectivity index (χ1n) is 8.24. The zero-order valence-corrected chi connectivity index (χ0v) is 15.1. The lowest BCUT2D eigenvalue weighted by molar-refractivity contribution is 1.07. The van der Waals surface area contributed by atoms with E-state index in [0.717, 1.165) is 11.1 Å². The molecule has 0 aliphatic heterocycles. The second kappa shape index (κ2) is 9.23. The molecule has 0 atom stereocenters. The summed E-state index contributed by atoms with van der Waals surface area (Å²) >= 11 is 5.99. The Morgan fingerprint density at radius 1 is 0.593 bits per heavy atom. The molecule has 4 rings (SSSR count). The molecular formula is C22H15ClN4. The van der Waals surface area contributed by atoms with Crippen molar-refractivity contribution in [3.63, 3.8) is 0 Å². The SMILES string of the molecule is Clc1nc(-c2ccccc2)nc(-c2ccccc2)n1.N#Cc1ccccc1. The molecule has 0 unspecified atom stereocenters. The van der Waals surface area contributed by atoms with Gasteiger partial charge in [-0.3, -0.25) is 0 Å². The van der Waals surface area contributed by atoms with E-state index in [2.05, 4.69) is 15.0 Å². The lowest BCUT2D eigenvalue weighted by atomic mass is 10.2. The maximum absolute atomic E-state index is 8.29. The summed E-state index contributed by atoms with van der Waals surface area (Å²) < 4.78 is 0. The molecule has 4 aromatic rings. The third-order valence-corrected chi connectivity index (χ3v) is 3.74. The molecule has 0 bridgehead atoms. The number of aromatic nitrogens is 3. The predicted octanol–water partition coefficient (Wildman–Crippen LogP) is 5.42. The van der Waals surface area contributed by atoms with Crippen LogP contribution in [-0.2, 0) is 0 Å². The molecule has 27 heavy (non-hydrogen) atoms. The van der Waals surface area contributed by atoms with E-state index in [1.165, 1.54) is 0 Å². The van der Waals surface area contributed by atoms with Gasteiger partial charge in [-0.1, -0.05) is 78.9 Å². The van der Waals surface area contributed by atoms with Gasteiger partial charge in [0, 0.05) is 11.1 Å². The van der Waals surface area contributed by atoms with E-state index in [9.17, 15) is 0 Å². The predicted molar refractivity (Wildman–Crippen MR) is 107 cm³/mol. The maximum atomic E-state index is 8.29. The Morgan fingerprint density at radius 2 is 1.00 bits per heavy atom. The topological polar surface area (TPSA) is 62.5 Å². The van der Waals surface area contributed by atoms with Gasteiger partial charge >= 0.3 is 0 Å². The molecule has 0 saturated carbocycles. The smallest absolute Gasteiger partial charge is 0.208 e. The lowest BCUT2D eigenvalue weighted by Gasteiger charge is -2.04. The van der Waals surface area contributed by atoms with Crippen molar-refractivity contribution in [3.05, 3.63) is 102 Å². The van der Waals surface area contributed by atoms with Crippen LogP contribution >= 0.6 is 11.6 Å². The van der Waals surface area contributed by atoms with Crippen molar-refractivity contribution in [2.45, 2.75) is 0 Å². The number of halogens is 1. The lowest BCUT2D eigenvalue weighted by Crippen LogP contribution is -1.96. The number of hydrogen-bond acceptors (Lipinski definition) is 4. The maximum Gasteiger partial charge on any atom is 0.226 e. The van der Waals surface area contributed by atoms with Crippen molar-refractivity contribution in [1.82, 2.24) is 15.0 Å². The van der Waals surface area contributed by atoms with Crippen LogP contribution in [0, 0.1) is 11.3 Å². The Hall–Kier alpha value is -3.55. The number of hydrogen-bond donors (Lipinski definition) is 0. The summed E-state index contributed by atoms with van der Waals surface area (Å²) in [6.45, 7) is 0. The molecular weight excluding hydrogens is 356 g/mol. The monoisotopic (exact) mass is 370 g/mol. The van der Waals surface area contributed by atoms with Crippen LogP contribution in [0.15, 0.2) is 91.0 Å². The van der Waals surface area contributed by atoms with Crippen LogP contribution in [-0.4, -0.2) is 15.0 Å². The van der Waals surface area contributed by atoms with Crippen LogP contribution in [0.25, 0.3) is 22.8 Å². The Balaban J connectivity index is 0.000000221. The molecule has 0 amide bonds. The van der Waals surface area contributed by atoms with Crippen LogP contribution in [0.3, 0.4) is 0 Å². The number of benzene rings is 3. The van der Waals surface area contributed by atoms with Crippen molar-refractivity contribution >= 4 is 11.6 Å². The first-order chi connectivity index (χ1) is 13.3. The highest BCUT2D eigenvalue weighted by atomic mass is 35.5. The van der Waals surface area contributed by atoms with E-state index in [1.54, 1.807) is 12.1 Å². The van der Waals surface area contributed by atoms with E-state index < -0.39 is 0 Å². The van der Waals surface area contributed by atoms with Gasteiger partial charge in [0.25, 0.3) is 0 Å². The van der Waals surface area contributed by atoms with Crippen LogP contribution in [0.1, 0.15) is 5.56 Å². The van der Waals surface area contributed by atoms with E-state index in [1.807, 2.05) is 84.9 Å². The summed E-state index contributed by atoms with van der Waals surface area (Å²) in [5.74, 6) is 1.17. The molecule has 0 spiro atoms. The van der Waals surface area contributed by atoms with E-state index in [-0.39, 0.29) is 5.28 Å². The van der Waals surface area contributed by atoms with Crippen molar-refractivity contribution < 1.29 is 0 Å². The molecule has 1 aromatic heterocycles. The molecule has 0 aliphatic rings. The Labute approximate surface area is 162 Å². The molecule has 5 heteroatoms. The summed E-state index contributed by atoms with van der Waals surface area (Å²) in [7, 11) is 0. The van der Waals surface area contributed by atoms with Crippen molar-refractivity contribution in [1.29, 1.82) is 5.26 Å². The fraction of sp³-hybridized carbons (Fsp3) is 0. The quantitative estimate of drug-likeness (QED) is 0.472. The molecule has 0 fully saturated rings. The third kappa shape index (κ3) is 5.21. The van der Waals surface area contributed by atoms with E-state index >= 15 is 0 Å². The molecule has 4 nitrogen and oxygen atoms in total. The van der Waals surface area contributed by atoms with Gasteiger partial charge in [0.05, 0.1) is 11.6 Å². The van der Waals surface area contributed by atoms with E-state index in [0.29, 0.717) is 17.2 Å². The van der Waals surface area contributed by atoms with Gasteiger partial charge in [-0.2, -0.15) is 15.2 Å².